The van der Waals surface area contributed by atoms with Gasteiger partial charge in [-0.1, -0.05) is 0 Å². The third-order valence-corrected chi connectivity index (χ3v) is 6.58. The molecule has 3 aromatic rings. The first-order valence-corrected chi connectivity index (χ1v) is 11.2. The highest BCUT2D eigenvalue weighted by atomic mass is 32.1. The number of esters is 1. The standard InChI is InChI=1S/C22H25N3O5S/c1-3-29-22(28)20-19(24-13(2)26)18-15-8-4-5-9-16(15)31-21(18)25(20)12-17(27)23-11-14-7-6-10-30-14/h6-7,10H,3-5,8-9,11-12H2,1-2H3,(H,23,27)(H,24,26). The minimum Gasteiger partial charge on any atom is -0.467 e. The van der Waals surface area contributed by atoms with Crippen molar-refractivity contribution in [3.63, 3.8) is 0 Å². The van der Waals surface area contributed by atoms with Crippen molar-refractivity contribution in [1.82, 2.24) is 9.88 Å². The maximum Gasteiger partial charge on any atom is 0.357 e. The molecule has 0 saturated heterocycles. The largest absolute Gasteiger partial charge is 0.467 e. The van der Waals surface area contributed by atoms with Gasteiger partial charge in [-0.3, -0.25) is 9.59 Å². The van der Waals surface area contributed by atoms with E-state index in [2.05, 4.69) is 10.6 Å². The maximum absolute atomic E-state index is 12.9. The van der Waals surface area contributed by atoms with Crippen LogP contribution in [0.25, 0.3) is 10.2 Å². The third-order valence-electron chi connectivity index (χ3n) is 5.27. The smallest absolute Gasteiger partial charge is 0.357 e. The van der Waals surface area contributed by atoms with Crippen LogP contribution in [0, 0.1) is 0 Å². The Balaban J connectivity index is 1.78. The lowest BCUT2D eigenvalue weighted by atomic mass is 9.96. The van der Waals surface area contributed by atoms with Gasteiger partial charge in [-0.25, -0.2) is 4.79 Å². The molecule has 9 heteroatoms. The van der Waals surface area contributed by atoms with E-state index in [0.717, 1.165) is 41.5 Å². The van der Waals surface area contributed by atoms with Gasteiger partial charge in [0.05, 0.1) is 25.1 Å². The lowest BCUT2D eigenvalue weighted by molar-refractivity contribution is -0.121. The number of aryl methyl sites for hydroxylation is 2. The van der Waals surface area contributed by atoms with Crippen LogP contribution in [0.1, 0.15) is 53.4 Å². The number of nitrogens with one attached hydrogen (secondary N) is 2. The zero-order chi connectivity index (χ0) is 22.0. The Morgan fingerprint density at radius 1 is 1.26 bits per heavy atom. The van der Waals surface area contributed by atoms with Crippen molar-refractivity contribution < 1.29 is 23.5 Å². The molecule has 2 amide bonds. The summed E-state index contributed by atoms with van der Waals surface area (Å²) in [7, 11) is 0. The topological polar surface area (TPSA) is 103 Å². The van der Waals surface area contributed by atoms with Crippen molar-refractivity contribution >= 4 is 45.0 Å². The molecule has 0 spiro atoms. The Kier molecular flexibility index (Phi) is 6.13. The molecule has 0 saturated carbocycles. The van der Waals surface area contributed by atoms with Gasteiger partial charge in [-0.15, -0.1) is 11.3 Å². The minimum atomic E-state index is -0.557. The summed E-state index contributed by atoms with van der Waals surface area (Å²) in [5.41, 5.74) is 1.81. The van der Waals surface area contributed by atoms with Crippen LogP contribution >= 0.6 is 11.3 Å². The summed E-state index contributed by atoms with van der Waals surface area (Å²) < 4.78 is 12.2. The van der Waals surface area contributed by atoms with Gasteiger partial charge in [0.15, 0.2) is 5.69 Å². The summed E-state index contributed by atoms with van der Waals surface area (Å²) in [6, 6.07) is 3.53. The minimum absolute atomic E-state index is 0.0651. The van der Waals surface area contributed by atoms with E-state index in [1.807, 2.05) is 0 Å². The van der Waals surface area contributed by atoms with Crippen LogP contribution in [-0.4, -0.2) is 29.0 Å². The molecule has 31 heavy (non-hydrogen) atoms. The van der Waals surface area contributed by atoms with E-state index in [9.17, 15) is 14.4 Å². The number of anilines is 1. The highest BCUT2D eigenvalue weighted by molar-refractivity contribution is 7.19. The number of fused-ring (bicyclic) bond motifs is 3. The Labute approximate surface area is 183 Å². The second-order valence-electron chi connectivity index (χ2n) is 7.46. The summed E-state index contributed by atoms with van der Waals surface area (Å²) in [5, 5.41) is 6.52. The van der Waals surface area contributed by atoms with Crippen molar-refractivity contribution in [2.75, 3.05) is 11.9 Å². The van der Waals surface area contributed by atoms with Gasteiger partial charge >= 0.3 is 5.97 Å². The average Bonchev–Trinajstić information content (AvgIpc) is 3.43. The molecule has 3 heterocycles. The van der Waals surface area contributed by atoms with Gasteiger partial charge in [-0.05, 0) is 50.3 Å². The van der Waals surface area contributed by atoms with Gasteiger partial charge in [0.2, 0.25) is 11.8 Å². The molecule has 4 rings (SSSR count). The highest BCUT2D eigenvalue weighted by Gasteiger charge is 2.31. The van der Waals surface area contributed by atoms with Crippen molar-refractivity contribution in [3.8, 4) is 0 Å². The first-order valence-electron chi connectivity index (χ1n) is 10.4. The van der Waals surface area contributed by atoms with Crippen LogP contribution in [0.4, 0.5) is 5.69 Å². The fraction of sp³-hybridized carbons (Fsp3) is 0.409. The van der Waals surface area contributed by atoms with Gasteiger partial charge < -0.3 is 24.4 Å². The number of carbonyl (C=O) groups excluding carboxylic acids is 3. The van der Waals surface area contributed by atoms with E-state index in [0.29, 0.717) is 11.4 Å². The average molecular weight is 444 g/mol. The summed E-state index contributed by atoms with van der Waals surface area (Å²) in [6.45, 7) is 3.52. The SMILES string of the molecule is CCOC(=O)c1c(NC(C)=O)c2c3c(sc2n1CC(=O)NCc1ccco1)CCCC3. The van der Waals surface area contributed by atoms with Crippen LogP contribution in [0.15, 0.2) is 22.8 Å². The number of carbonyl (C=O) groups is 3. The number of aromatic nitrogens is 1. The molecule has 1 aliphatic carbocycles. The van der Waals surface area contributed by atoms with Gasteiger partial charge in [0.1, 0.15) is 17.1 Å². The normalized spacial score (nSPS) is 13.1. The summed E-state index contributed by atoms with van der Waals surface area (Å²) in [5.74, 6) is -0.456. The predicted octanol–water partition coefficient (Wildman–Crippen LogP) is 3.63. The molecule has 1 aliphatic rings. The number of amides is 2. The van der Waals surface area contributed by atoms with E-state index in [-0.39, 0.29) is 37.2 Å². The fourth-order valence-electron chi connectivity index (χ4n) is 4.01. The third kappa shape index (κ3) is 4.23. The molecule has 8 nitrogen and oxygen atoms in total. The van der Waals surface area contributed by atoms with Gasteiger partial charge in [0.25, 0.3) is 0 Å². The molecular weight excluding hydrogens is 418 g/mol. The van der Waals surface area contributed by atoms with E-state index >= 15 is 0 Å². The zero-order valence-corrected chi connectivity index (χ0v) is 18.4. The lowest BCUT2D eigenvalue weighted by Gasteiger charge is -2.14. The molecule has 3 aromatic heterocycles. The van der Waals surface area contributed by atoms with E-state index in [1.54, 1.807) is 41.2 Å². The first-order chi connectivity index (χ1) is 15.0. The second-order valence-corrected chi connectivity index (χ2v) is 8.54. The van der Waals surface area contributed by atoms with Crippen LogP contribution < -0.4 is 10.6 Å². The van der Waals surface area contributed by atoms with Crippen molar-refractivity contribution in [2.45, 2.75) is 52.6 Å². The lowest BCUT2D eigenvalue weighted by Crippen LogP contribution is -2.28. The van der Waals surface area contributed by atoms with E-state index < -0.39 is 5.97 Å². The molecule has 164 valence electrons. The Morgan fingerprint density at radius 2 is 2.06 bits per heavy atom. The molecule has 0 aliphatic heterocycles. The Morgan fingerprint density at radius 3 is 2.77 bits per heavy atom. The van der Waals surface area contributed by atoms with Crippen LogP contribution in [0.2, 0.25) is 0 Å². The number of thiophene rings is 1. The Bertz CT molecular complexity index is 1130. The van der Waals surface area contributed by atoms with Gasteiger partial charge in [-0.2, -0.15) is 0 Å². The Hall–Kier alpha value is -3.07. The van der Waals surface area contributed by atoms with Gasteiger partial charge in [0, 0.05) is 17.2 Å². The van der Waals surface area contributed by atoms with E-state index in [4.69, 9.17) is 9.15 Å². The van der Waals surface area contributed by atoms with Crippen LogP contribution in [-0.2, 0) is 40.3 Å². The second kappa shape index (κ2) is 8.97. The van der Waals surface area contributed by atoms with Crippen molar-refractivity contribution in [2.24, 2.45) is 0 Å². The molecule has 2 N–H and O–H groups in total. The first kappa shape index (κ1) is 21.2. The molecule has 0 atom stereocenters. The number of hydrogen-bond acceptors (Lipinski definition) is 6. The molecular formula is C22H25N3O5S. The summed E-state index contributed by atoms with van der Waals surface area (Å²) in [4.78, 5) is 39.7. The molecule has 0 bridgehead atoms. The molecule has 0 unspecified atom stereocenters. The number of rotatable bonds is 7. The monoisotopic (exact) mass is 443 g/mol. The number of furan rings is 1. The van der Waals surface area contributed by atoms with Crippen molar-refractivity contribution in [1.29, 1.82) is 0 Å². The molecule has 0 radical (unpaired) electrons. The summed E-state index contributed by atoms with van der Waals surface area (Å²) >= 11 is 1.59. The quantitative estimate of drug-likeness (QED) is 0.543. The van der Waals surface area contributed by atoms with E-state index in [1.165, 1.54) is 11.8 Å². The number of nitrogens with zero attached hydrogens (tertiary/aromatic N) is 1. The molecule has 0 aromatic carbocycles. The molecule has 0 fully saturated rings. The van der Waals surface area contributed by atoms with Crippen molar-refractivity contribution in [3.05, 3.63) is 40.3 Å². The highest BCUT2D eigenvalue weighted by Crippen LogP contribution is 2.44. The summed E-state index contributed by atoms with van der Waals surface area (Å²) in [6.07, 6.45) is 5.57. The fourth-order valence-corrected chi connectivity index (χ4v) is 5.41. The predicted molar refractivity (Wildman–Crippen MR) is 117 cm³/mol. The van der Waals surface area contributed by atoms with Crippen LogP contribution in [0.5, 0.6) is 0 Å². The zero-order valence-electron chi connectivity index (χ0n) is 17.6. The van der Waals surface area contributed by atoms with Crippen LogP contribution in [0.3, 0.4) is 0 Å². The number of ether oxygens (including phenoxy) is 1. The number of hydrogen-bond donors (Lipinski definition) is 2. The maximum atomic E-state index is 12.9.